The molecule has 0 saturated carbocycles. The van der Waals surface area contributed by atoms with Gasteiger partial charge in [-0.15, -0.1) is 5.10 Å². The fraction of sp³-hybridized carbons (Fsp3) is 0.429. The first-order valence-corrected chi connectivity index (χ1v) is 8.09. The van der Waals surface area contributed by atoms with Crippen LogP contribution in [0.5, 0.6) is 0 Å². The topological polar surface area (TPSA) is 120 Å². The maximum Gasteiger partial charge on any atom is 0.288 e. The summed E-state index contributed by atoms with van der Waals surface area (Å²) in [5.41, 5.74) is -0.670. The van der Waals surface area contributed by atoms with Crippen LogP contribution in [0.1, 0.15) is 19.3 Å². The van der Waals surface area contributed by atoms with Gasteiger partial charge in [0.15, 0.2) is 0 Å². The average Bonchev–Trinajstić information content (AvgIpc) is 2.96. The van der Waals surface area contributed by atoms with Crippen LogP contribution in [-0.4, -0.2) is 37.6 Å². The Bertz CT molecular complexity index is 838. The third kappa shape index (κ3) is 3.88. The molecule has 0 bridgehead atoms. The predicted octanol–water partition coefficient (Wildman–Crippen LogP) is 3.13. The summed E-state index contributed by atoms with van der Waals surface area (Å²) < 4.78 is 6.89. The number of aromatic nitrogens is 2. The van der Waals surface area contributed by atoms with Gasteiger partial charge in [0.25, 0.3) is 16.2 Å². The molecule has 0 aliphatic carbocycles. The molecule has 1 saturated heterocycles. The van der Waals surface area contributed by atoms with Crippen molar-refractivity contribution in [3.63, 3.8) is 0 Å². The van der Waals surface area contributed by atoms with Crippen molar-refractivity contribution in [3.05, 3.63) is 43.3 Å². The Morgan fingerprint density at radius 1 is 1.08 bits per heavy atom. The van der Waals surface area contributed by atoms with Crippen molar-refractivity contribution >= 4 is 23.6 Å². The van der Waals surface area contributed by atoms with Crippen LogP contribution < -0.4 is 0 Å². The van der Waals surface area contributed by atoms with Gasteiger partial charge in [-0.2, -0.15) is 0 Å². The number of benzene rings is 1. The van der Waals surface area contributed by atoms with Crippen molar-refractivity contribution in [1.82, 2.24) is 14.7 Å². The summed E-state index contributed by atoms with van der Waals surface area (Å²) in [5, 5.41) is 26.2. The van der Waals surface area contributed by atoms with E-state index in [2.05, 4.69) is 10.00 Å². The number of nitro benzene ring substituents is 2. The molecule has 2 aromatic rings. The Hall–Kier alpha value is -2.66. The van der Waals surface area contributed by atoms with Crippen molar-refractivity contribution in [1.29, 1.82) is 0 Å². The van der Waals surface area contributed by atoms with E-state index in [9.17, 15) is 20.2 Å². The molecule has 0 atom stereocenters. The molecule has 132 valence electrons. The number of nitrogens with zero attached hydrogens (tertiary/aromatic N) is 5. The Balaban J connectivity index is 1.94. The number of hydrogen-bond donors (Lipinski definition) is 0. The van der Waals surface area contributed by atoms with E-state index < -0.39 is 21.2 Å². The first-order chi connectivity index (χ1) is 11.9. The number of piperidine rings is 1. The largest absolute Gasteiger partial charge is 0.409 e. The average molecular weight is 365 g/mol. The first-order valence-electron chi connectivity index (χ1n) is 7.68. The highest BCUT2D eigenvalue weighted by atomic mass is 32.1. The van der Waals surface area contributed by atoms with Gasteiger partial charge in [-0.05, 0) is 38.1 Å². The Morgan fingerprint density at radius 3 is 2.24 bits per heavy atom. The second kappa shape index (κ2) is 7.07. The number of nitro groups is 2. The molecule has 0 radical (unpaired) electrons. The minimum atomic E-state index is -0.699. The van der Waals surface area contributed by atoms with Crippen LogP contribution in [0.2, 0.25) is 0 Å². The highest BCUT2D eigenvalue weighted by Gasteiger charge is 2.21. The van der Waals surface area contributed by atoms with E-state index in [0.717, 1.165) is 32.0 Å². The third-order valence-electron chi connectivity index (χ3n) is 3.96. The van der Waals surface area contributed by atoms with Crippen LogP contribution in [0.4, 0.5) is 11.4 Å². The third-order valence-corrected chi connectivity index (χ3v) is 4.25. The second-order valence-electron chi connectivity index (χ2n) is 5.75. The molecule has 1 aliphatic heterocycles. The number of rotatable bonds is 5. The van der Waals surface area contributed by atoms with Gasteiger partial charge in [0, 0.05) is 12.1 Å². The zero-order valence-corrected chi connectivity index (χ0v) is 14.0. The minimum Gasteiger partial charge on any atom is -0.409 e. The van der Waals surface area contributed by atoms with Crippen molar-refractivity contribution in [3.8, 4) is 11.5 Å². The first kappa shape index (κ1) is 17.2. The van der Waals surface area contributed by atoms with Gasteiger partial charge in [0.05, 0.1) is 28.1 Å². The highest BCUT2D eigenvalue weighted by Crippen LogP contribution is 2.29. The summed E-state index contributed by atoms with van der Waals surface area (Å²) in [7, 11) is 0. The highest BCUT2D eigenvalue weighted by molar-refractivity contribution is 7.71. The monoisotopic (exact) mass is 365 g/mol. The van der Waals surface area contributed by atoms with Crippen LogP contribution >= 0.6 is 12.2 Å². The zero-order valence-electron chi connectivity index (χ0n) is 13.2. The molecule has 25 heavy (non-hydrogen) atoms. The second-order valence-corrected chi connectivity index (χ2v) is 6.09. The summed E-state index contributed by atoms with van der Waals surface area (Å²) in [6, 6.07) is 3.25. The molecule has 1 aromatic carbocycles. The zero-order chi connectivity index (χ0) is 18.0. The summed E-state index contributed by atoms with van der Waals surface area (Å²) >= 11 is 5.15. The van der Waals surface area contributed by atoms with E-state index in [1.807, 2.05) is 0 Å². The summed E-state index contributed by atoms with van der Waals surface area (Å²) in [5.74, 6) is 0.0220. The minimum absolute atomic E-state index is 0.0220. The van der Waals surface area contributed by atoms with Gasteiger partial charge in [0.1, 0.15) is 0 Å². The van der Waals surface area contributed by atoms with Crippen molar-refractivity contribution in [2.75, 3.05) is 13.1 Å². The number of non-ortho nitro benzene ring substituents is 2. The van der Waals surface area contributed by atoms with E-state index >= 15 is 0 Å². The van der Waals surface area contributed by atoms with Gasteiger partial charge < -0.3 is 4.42 Å². The van der Waals surface area contributed by atoms with Gasteiger partial charge in [-0.1, -0.05) is 6.42 Å². The Kier molecular flexibility index (Phi) is 4.86. The number of hydrogen-bond acceptors (Lipinski definition) is 8. The van der Waals surface area contributed by atoms with Crippen LogP contribution in [0.25, 0.3) is 11.5 Å². The summed E-state index contributed by atoms with van der Waals surface area (Å²) in [4.78, 5) is 22.9. The maximum absolute atomic E-state index is 11.0. The van der Waals surface area contributed by atoms with E-state index in [0.29, 0.717) is 6.67 Å². The molecular weight excluding hydrogens is 350 g/mol. The molecule has 1 aliphatic rings. The molecule has 11 heteroatoms. The molecule has 10 nitrogen and oxygen atoms in total. The van der Waals surface area contributed by atoms with Gasteiger partial charge in [-0.25, -0.2) is 4.68 Å². The standard InChI is InChI=1S/C14H15N5O5S/c20-18(21)11-6-10(7-12(8-11)19(22)23)13-15-17(14(25)24-13)9-16-4-2-1-3-5-16/h6-8H,1-5,9H2. The molecule has 0 amide bonds. The molecule has 2 heterocycles. The maximum atomic E-state index is 11.0. The van der Waals surface area contributed by atoms with Crippen LogP contribution in [-0.2, 0) is 6.67 Å². The molecule has 0 spiro atoms. The van der Waals surface area contributed by atoms with Gasteiger partial charge in [-0.3, -0.25) is 25.1 Å². The summed E-state index contributed by atoms with van der Waals surface area (Å²) in [6.45, 7) is 2.33. The fourth-order valence-corrected chi connectivity index (χ4v) is 2.91. The molecule has 1 fully saturated rings. The quantitative estimate of drug-likeness (QED) is 0.450. The Labute approximate surface area is 147 Å². The summed E-state index contributed by atoms with van der Waals surface area (Å²) in [6.07, 6.45) is 3.41. The molecule has 0 N–H and O–H groups in total. The smallest absolute Gasteiger partial charge is 0.288 e. The number of likely N-dealkylation sites (tertiary alicyclic amines) is 1. The lowest BCUT2D eigenvalue weighted by molar-refractivity contribution is -0.394. The Morgan fingerprint density at radius 2 is 1.68 bits per heavy atom. The van der Waals surface area contributed by atoms with Gasteiger partial charge >= 0.3 is 0 Å². The predicted molar refractivity (Wildman–Crippen MR) is 89.5 cm³/mol. The van der Waals surface area contributed by atoms with Crippen molar-refractivity contribution < 1.29 is 14.3 Å². The van der Waals surface area contributed by atoms with Crippen LogP contribution in [0.3, 0.4) is 0 Å². The lowest BCUT2D eigenvalue weighted by atomic mass is 10.1. The molecular formula is C14H15N5O5S. The lowest BCUT2D eigenvalue weighted by Gasteiger charge is -2.25. The van der Waals surface area contributed by atoms with E-state index in [1.54, 1.807) is 0 Å². The van der Waals surface area contributed by atoms with E-state index in [1.165, 1.54) is 23.2 Å². The lowest BCUT2D eigenvalue weighted by Crippen LogP contribution is -2.32. The van der Waals surface area contributed by atoms with Crippen molar-refractivity contribution in [2.45, 2.75) is 25.9 Å². The molecule has 1 aromatic heterocycles. The van der Waals surface area contributed by atoms with Crippen molar-refractivity contribution in [2.24, 2.45) is 0 Å². The van der Waals surface area contributed by atoms with Crippen LogP contribution in [0, 0.1) is 25.1 Å². The normalized spacial score (nSPS) is 15.2. The van der Waals surface area contributed by atoms with E-state index in [4.69, 9.17) is 16.6 Å². The van der Waals surface area contributed by atoms with E-state index in [-0.39, 0.29) is 16.3 Å². The molecule has 0 unspecified atom stereocenters. The fourth-order valence-electron chi connectivity index (χ4n) is 2.73. The SMILES string of the molecule is O=[N+]([O-])c1cc(-c2nn(CN3CCCCC3)c(=S)o2)cc([N+](=O)[O-])c1. The molecule has 3 rings (SSSR count). The van der Waals surface area contributed by atoms with Crippen LogP contribution in [0.15, 0.2) is 22.6 Å². The van der Waals surface area contributed by atoms with Gasteiger partial charge in [0.2, 0.25) is 5.89 Å².